The Kier molecular flexibility index (Phi) is 12.3. The fourth-order valence-electron chi connectivity index (χ4n) is 4.09. The van der Waals surface area contributed by atoms with Crippen molar-refractivity contribution in [2.45, 2.75) is 77.6 Å². The minimum atomic E-state index is -1.33. The second-order valence-corrected chi connectivity index (χ2v) is 9.07. The number of methoxy groups -OCH3 is 1. The highest BCUT2D eigenvalue weighted by molar-refractivity contribution is 5.83. The van der Waals surface area contributed by atoms with Crippen LogP contribution in [-0.2, 0) is 63.6 Å². The largest absolute Gasteiger partial charge is 0.467 e. The molecule has 13 nitrogen and oxygen atoms in total. The van der Waals surface area contributed by atoms with Gasteiger partial charge >= 0.3 is 29.8 Å². The molecular formula is C28H33NO12. The zero-order valence-electron chi connectivity index (χ0n) is 23.6. The molecule has 41 heavy (non-hydrogen) atoms. The van der Waals surface area contributed by atoms with E-state index in [1.54, 1.807) is 24.3 Å². The summed E-state index contributed by atoms with van der Waals surface area (Å²) in [6.45, 7) is 5.48. The second-order valence-electron chi connectivity index (χ2n) is 9.07. The molecule has 1 aliphatic heterocycles. The summed E-state index contributed by atoms with van der Waals surface area (Å²) in [6.07, 6.45) is -6.14. The topological polar surface area (TPSA) is 170 Å². The van der Waals surface area contributed by atoms with E-state index >= 15 is 0 Å². The van der Waals surface area contributed by atoms with E-state index in [-0.39, 0.29) is 13.0 Å². The van der Waals surface area contributed by atoms with Crippen LogP contribution in [0.3, 0.4) is 0 Å². The quantitative estimate of drug-likeness (QED) is 0.244. The standard InChI is InChI=1S/C28H33NO12/c1-15(30)29-22(28(35)36-6)13-21-9-7-8-20(12-21)10-11-23-25(38-17(3)32)27(40-19(5)34)26(39-18(4)33)24(41-23)14-37-16(2)31/h7-9,12,22-27H,13-14H2,1-6H3,(H,29,30)/t22-,23-,24+,25+,26+,27+/m0/s1. The van der Waals surface area contributed by atoms with E-state index in [9.17, 15) is 28.8 Å². The van der Waals surface area contributed by atoms with E-state index in [0.29, 0.717) is 11.1 Å². The molecule has 0 saturated carbocycles. The fraction of sp³-hybridized carbons (Fsp3) is 0.500. The van der Waals surface area contributed by atoms with Crippen molar-refractivity contribution in [2.24, 2.45) is 0 Å². The number of amides is 1. The van der Waals surface area contributed by atoms with Gasteiger partial charge in [0.25, 0.3) is 0 Å². The SMILES string of the molecule is COC(=O)[C@H](Cc1cccc(C#C[C@@H]2O[C@H](COC(C)=O)[C@@H](OC(C)=O)[C@H](OC(C)=O)[C@@H]2OC(C)=O)c1)NC(C)=O. The lowest BCUT2D eigenvalue weighted by Crippen LogP contribution is -2.62. The summed E-state index contributed by atoms with van der Waals surface area (Å²) in [5.41, 5.74) is 1.13. The lowest BCUT2D eigenvalue weighted by atomic mass is 9.94. The maximum Gasteiger partial charge on any atom is 0.328 e. The van der Waals surface area contributed by atoms with Gasteiger partial charge in [0, 0.05) is 46.6 Å². The lowest BCUT2D eigenvalue weighted by molar-refractivity contribution is -0.242. The predicted molar refractivity (Wildman–Crippen MR) is 139 cm³/mol. The van der Waals surface area contributed by atoms with Gasteiger partial charge in [-0.1, -0.05) is 24.0 Å². The van der Waals surface area contributed by atoms with Gasteiger partial charge in [-0.25, -0.2) is 4.79 Å². The monoisotopic (exact) mass is 575 g/mol. The number of nitrogens with one attached hydrogen (secondary N) is 1. The number of carbonyl (C=O) groups is 6. The van der Waals surface area contributed by atoms with Crippen LogP contribution in [0.2, 0.25) is 0 Å². The van der Waals surface area contributed by atoms with E-state index in [1.807, 2.05) is 0 Å². The van der Waals surface area contributed by atoms with E-state index < -0.39 is 72.3 Å². The molecule has 6 atom stereocenters. The third kappa shape index (κ3) is 10.6. The summed E-state index contributed by atoms with van der Waals surface area (Å²) in [4.78, 5) is 70.9. The van der Waals surface area contributed by atoms with Crippen molar-refractivity contribution in [1.29, 1.82) is 0 Å². The van der Waals surface area contributed by atoms with Crippen molar-refractivity contribution in [3.05, 3.63) is 35.4 Å². The number of esters is 5. The highest BCUT2D eigenvalue weighted by Crippen LogP contribution is 2.29. The molecule has 0 aromatic heterocycles. The van der Waals surface area contributed by atoms with E-state index in [4.69, 9.17) is 28.4 Å². The Morgan fingerprint density at radius 1 is 0.878 bits per heavy atom. The Bertz CT molecular complexity index is 1220. The summed E-state index contributed by atoms with van der Waals surface area (Å²) in [7, 11) is 1.21. The summed E-state index contributed by atoms with van der Waals surface area (Å²) in [6, 6.07) is 5.86. The Hall–Kier alpha value is -4.44. The number of hydrogen-bond donors (Lipinski definition) is 1. The normalized spacial score (nSPS) is 22.0. The van der Waals surface area contributed by atoms with E-state index in [0.717, 1.165) is 20.8 Å². The molecule has 1 aromatic rings. The van der Waals surface area contributed by atoms with Crippen molar-refractivity contribution >= 4 is 35.8 Å². The molecule has 0 aliphatic carbocycles. The van der Waals surface area contributed by atoms with Crippen molar-refractivity contribution in [3.63, 3.8) is 0 Å². The first-order valence-corrected chi connectivity index (χ1v) is 12.6. The Labute approximate surface area is 237 Å². The third-order valence-electron chi connectivity index (χ3n) is 5.58. The lowest BCUT2D eigenvalue weighted by Gasteiger charge is -2.42. The molecule has 0 spiro atoms. The Balaban J connectivity index is 2.47. The average Bonchev–Trinajstić information content (AvgIpc) is 2.87. The molecule has 0 radical (unpaired) electrons. The molecule has 1 fully saturated rings. The average molecular weight is 576 g/mol. The summed E-state index contributed by atoms with van der Waals surface area (Å²) in [5, 5.41) is 2.54. The number of ether oxygens (including phenoxy) is 6. The molecule has 0 bridgehead atoms. The molecule has 0 unspecified atom stereocenters. The molecule has 1 saturated heterocycles. The summed E-state index contributed by atoms with van der Waals surface area (Å²) < 4.78 is 32.0. The van der Waals surface area contributed by atoms with Crippen LogP contribution in [0.1, 0.15) is 45.7 Å². The van der Waals surface area contributed by atoms with Crippen LogP contribution in [0.4, 0.5) is 0 Å². The first-order valence-electron chi connectivity index (χ1n) is 12.6. The van der Waals surface area contributed by atoms with Crippen LogP contribution in [0.25, 0.3) is 0 Å². The highest BCUT2D eigenvalue weighted by atomic mass is 16.7. The molecule has 1 aliphatic rings. The van der Waals surface area contributed by atoms with Crippen molar-refractivity contribution < 1.29 is 57.2 Å². The second kappa shape index (κ2) is 15.4. The van der Waals surface area contributed by atoms with Crippen LogP contribution >= 0.6 is 0 Å². The first-order chi connectivity index (χ1) is 19.3. The minimum absolute atomic E-state index is 0.126. The van der Waals surface area contributed by atoms with Gasteiger partial charge in [-0.3, -0.25) is 24.0 Å². The molecule has 13 heteroatoms. The fourth-order valence-corrected chi connectivity index (χ4v) is 4.09. The van der Waals surface area contributed by atoms with Crippen LogP contribution < -0.4 is 5.32 Å². The van der Waals surface area contributed by atoms with Gasteiger partial charge in [0.05, 0.1) is 7.11 Å². The molecule has 1 heterocycles. The van der Waals surface area contributed by atoms with Gasteiger partial charge in [0.1, 0.15) is 18.8 Å². The molecule has 222 valence electrons. The van der Waals surface area contributed by atoms with Gasteiger partial charge in [0.15, 0.2) is 24.4 Å². The molecule has 1 N–H and O–H groups in total. The van der Waals surface area contributed by atoms with Crippen molar-refractivity contribution in [2.75, 3.05) is 13.7 Å². The van der Waals surface area contributed by atoms with Gasteiger partial charge < -0.3 is 33.7 Å². The number of hydrogen-bond acceptors (Lipinski definition) is 12. The molecule has 2 rings (SSSR count). The van der Waals surface area contributed by atoms with Gasteiger partial charge in [-0.05, 0) is 17.7 Å². The van der Waals surface area contributed by atoms with Crippen LogP contribution in [-0.4, -0.2) is 86.0 Å². The zero-order chi connectivity index (χ0) is 30.7. The summed E-state index contributed by atoms with van der Waals surface area (Å²) >= 11 is 0. The number of rotatable bonds is 9. The Morgan fingerprint density at radius 2 is 1.49 bits per heavy atom. The van der Waals surface area contributed by atoms with E-state index in [1.165, 1.54) is 21.0 Å². The van der Waals surface area contributed by atoms with Crippen molar-refractivity contribution in [1.82, 2.24) is 5.32 Å². The van der Waals surface area contributed by atoms with Gasteiger partial charge in [0.2, 0.25) is 5.91 Å². The first kappa shape index (κ1) is 32.8. The zero-order valence-corrected chi connectivity index (χ0v) is 23.6. The molecular weight excluding hydrogens is 542 g/mol. The smallest absolute Gasteiger partial charge is 0.328 e. The number of benzene rings is 1. The predicted octanol–water partition coefficient (Wildman–Crippen LogP) is 0.384. The maximum absolute atomic E-state index is 12.1. The third-order valence-corrected chi connectivity index (χ3v) is 5.58. The van der Waals surface area contributed by atoms with Crippen LogP contribution in [0.15, 0.2) is 24.3 Å². The number of carbonyl (C=O) groups excluding carboxylic acids is 6. The Morgan fingerprint density at radius 3 is 2.05 bits per heavy atom. The van der Waals surface area contributed by atoms with E-state index in [2.05, 4.69) is 17.2 Å². The molecule has 1 aromatic carbocycles. The highest BCUT2D eigenvalue weighted by Gasteiger charge is 2.51. The van der Waals surface area contributed by atoms with Crippen molar-refractivity contribution in [3.8, 4) is 11.8 Å². The summed E-state index contributed by atoms with van der Waals surface area (Å²) in [5.74, 6) is 1.87. The van der Waals surface area contributed by atoms with Gasteiger partial charge in [-0.15, -0.1) is 0 Å². The minimum Gasteiger partial charge on any atom is -0.467 e. The van der Waals surface area contributed by atoms with Crippen LogP contribution in [0.5, 0.6) is 0 Å². The van der Waals surface area contributed by atoms with Gasteiger partial charge in [-0.2, -0.15) is 0 Å². The molecule has 1 amide bonds. The van der Waals surface area contributed by atoms with Crippen LogP contribution in [0, 0.1) is 11.8 Å². The maximum atomic E-state index is 12.1.